The Morgan fingerprint density at radius 1 is 1.07 bits per heavy atom. The van der Waals surface area contributed by atoms with Gasteiger partial charge in [0, 0.05) is 18.9 Å². The van der Waals surface area contributed by atoms with Crippen molar-refractivity contribution in [3.63, 3.8) is 0 Å². The van der Waals surface area contributed by atoms with Crippen LogP contribution in [0.4, 0.5) is 4.39 Å². The van der Waals surface area contributed by atoms with Gasteiger partial charge in [0.1, 0.15) is 5.82 Å². The second-order valence-corrected chi connectivity index (χ2v) is 9.85. The number of sulfone groups is 1. The fourth-order valence-electron chi connectivity index (χ4n) is 3.05. The lowest BCUT2D eigenvalue weighted by Crippen LogP contribution is -2.21. The number of thiophene rings is 1. The predicted molar refractivity (Wildman–Crippen MR) is 114 cm³/mol. The fourth-order valence-corrected chi connectivity index (χ4v) is 5.37. The molecule has 0 aliphatic carbocycles. The molecule has 0 unspecified atom stereocenters. The minimum absolute atomic E-state index is 0.0691. The Hall–Kier alpha value is -3.10. The summed E-state index contributed by atoms with van der Waals surface area (Å²) in [4.78, 5) is 17.0. The van der Waals surface area contributed by atoms with Gasteiger partial charge in [0.05, 0.1) is 19.4 Å². The largest absolute Gasteiger partial charge is 0.347 e. The summed E-state index contributed by atoms with van der Waals surface area (Å²) in [5.41, 5.74) is 1.28. The Bertz CT molecular complexity index is 1290. The van der Waals surface area contributed by atoms with Crippen LogP contribution in [-0.2, 0) is 16.4 Å². The van der Waals surface area contributed by atoms with Crippen LogP contribution in [0.15, 0.2) is 76.8 Å². The maximum Gasteiger partial charge on any atom is 0.261 e. The number of aromatic nitrogens is 1. The van der Waals surface area contributed by atoms with Crippen molar-refractivity contribution < 1.29 is 17.6 Å². The van der Waals surface area contributed by atoms with Crippen LogP contribution in [0.2, 0.25) is 0 Å². The number of carbonyl (C=O) groups excluding carboxylic acids is 1. The molecule has 0 saturated heterocycles. The van der Waals surface area contributed by atoms with E-state index in [-0.39, 0.29) is 22.2 Å². The Morgan fingerprint density at radius 3 is 2.53 bits per heavy atom. The minimum atomic E-state index is -3.82. The van der Waals surface area contributed by atoms with Crippen LogP contribution in [0, 0.1) is 12.7 Å². The third-order valence-corrected chi connectivity index (χ3v) is 7.39. The Labute approximate surface area is 177 Å². The van der Waals surface area contributed by atoms with Gasteiger partial charge < -0.3 is 5.32 Å². The number of nitrogens with one attached hydrogen (secondary N) is 1. The van der Waals surface area contributed by atoms with Crippen LogP contribution in [-0.4, -0.2) is 19.3 Å². The number of aryl methyl sites for hydroxylation is 1. The summed E-state index contributed by atoms with van der Waals surface area (Å²) in [7, 11) is -3.82. The lowest BCUT2D eigenvalue weighted by molar-refractivity contribution is 0.0955. The van der Waals surface area contributed by atoms with Gasteiger partial charge in [-0.05, 0) is 65.9 Å². The van der Waals surface area contributed by atoms with Crippen molar-refractivity contribution in [2.45, 2.75) is 23.3 Å². The van der Waals surface area contributed by atoms with Crippen LogP contribution in [0.25, 0.3) is 10.1 Å². The van der Waals surface area contributed by atoms with Gasteiger partial charge >= 0.3 is 0 Å². The van der Waals surface area contributed by atoms with Crippen molar-refractivity contribution in [3.8, 4) is 0 Å². The molecule has 152 valence electrons. The molecule has 4 aromatic rings. The van der Waals surface area contributed by atoms with Gasteiger partial charge in [0.15, 0.2) is 0 Å². The summed E-state index contributed by atoms with van der Waals surface area (Å²) >= 11 is 1.36. The van der Waals surface area contributed by atoms with Crippen LogP contribution in [0.3, 0.4) is 0 Å². The third-order valence-electron chi connectivity index (χ3n) is 4.56. The highest BCUT2D eigenvalue weighted by atomic mass is 32.2. The molecular weight excluding hydrogens is 423 g/mol. The van der Waals surface area contributed by atoms with E-state index in [4.69, 9.17) is 0 Å². The van der Waals surface area contributed by atoms with Gasteiger partial charge in [0.2, 0.25) is 9.84 Å². The van der Waals surface area contributed by atoms with Gasteiger partial charge in [-0.3, -0.25) is 9.78 Å². The van der Waals surface area contributed by atoms with Gasteiger partial charge in [-0.1, -0.05) is 12.1 Å². The van der Waals surface area contributed by atoms with E-state index < -0.39 is 15.7 Å². The highest BCUT2D eigenvalue weighted by molar-refractivity contribution is 7.91. The lowest BCUT2D eigenvalue weighted by Gasteiger charge is -2.08. The monoisotopic (exact) mass is 440 g/mol. The molecule has 2 heterocycles. The molecule has 0 aliphatic rings. The summed E-state index contributed by atoms with van der Waals surface area (Å²) in [6, 6.07) is 13.6. The first-order valence-electron chi connectivity index (χ1n) is 9.06. The molecule has 0 fully saturated rings. The van der Waals surface area contributed by atoms with Gasteiger partial charge in [-0.2, -0.15) is 0 Å². The average molecular weight is 441 g/mol. The summed E-state index contributed by atoms with van der Waals surface area (Å²) in [5, 5.41) is 3.79. The number of pyridine rings is 1. The summed E-state index contributed by atoms with van der Waals surface area (Å²) in [6.07, 6.45) is 3.40. The molecule has 2 aromatic carbocycles. The first-order valence-corrected chi connectivity index (χ1v) is 11.4. The van der Waals surface area contributed by atoms with E-state index in [0.29, 0.717) is 10.4 Å². The number of nitrogens with zero attached hydrogens (tertiary/aromatic N) is 1. The van der Waals surface area contributed by atoms with Crippen LogP contribution in [0.1, 0.15) is 20.8 Å². The number of rotatable bonds is 5. The number of hydrogen-bond acceptors (Lipinski definition) is 5. The van der Waals surface area contributed by atoms with Crippen LogP contribution < -0.4 is 5.32 Å². The molecule has 8 heteroatoms. The fraction of sp³-hybridized carbons (Fsp3) is 0.0909. The van der Waals surface area contributed by atoms with Gasteiger partial charge in [-0.15, -0.1) is 11.3 Å². The number of benzene rings is 2. The highest BCUT2D eigenvalue weighted by Crippen LogP contribution is 2.25. The van der Waals surface area contributed by atoms with E-state index in [9.17, 15) is 17.6 Å². The van der Waals surface area contributed by atoms with E-state index in [1.807, 2.05) is 12.1 Å². The molecule has 30 heavy (non-hydrogen) atoms. The van der Waals surface area contributed by atoms with E-state index in [1.54, 1.807) is 31.5 Å². The van der Waals surface area contributed by atoms with E-state index in [2.05, 4.69) is 10.3 Å². The number of fused-ring (bicyclic) bond motifs is 1. The molecule has 0 spiro atoms. The topological polar surface area (TPSA) is 76.1 Å². The molecule has 0 radical (unpaired) electrons. The quantitative estimate of drug-likeness (QED) is 0.496. The zero-order valence-electron chi connectivity index (χ0n) is 15.9. The normalized spacial score (nSPS) is 11.5. The molecule has 4 rings (SSSR count). The van der Waals surface area contributed by atoms with Crippen molar-refractivity contribution in [1.82, 2.24) is 10.3 Å². The van der Waals surface area contributed by atoms with Crippen molar-refractivity contribution >= 4 is 37.2 Å². The number of hydrogen-bond donors (Lipinski definition) is 1. The van der Waals surface area contributed by atoms with Crippen LogP contribution >= 0.6 is 11.3 Å². The van der Waals surface area contributed by atoms with E-state index in [0.717, 1.165) is 21.7 Å². The number of carbonyl (C=O) groups is 1. The Kier molecular flexibility index (Phi) is 5.36. The SMILES string of the molecule is Cc1cc(F)cc(S(=O)(=O)c2ccc(CNC(=O)c3cc4ccncc4s3)cc2)c1. The van der Waals surface area contributed by atoms with E-state index >= 15 is 0 Å². The molecule has 1 amide bonds. The number of halogens is 1. The molecule has 1 N–H and O–H groups in total. The highest BCUT2D eigenvalue weighted by Gasteiger charge is 2.19. The first kappa shape index (κ1) is 20.2. The van der Waals surface area contributed by atoms with Gasteiger partial charge in [-0.25, -0.2) is 12.8 Å². The molecule has 0 bridgehead atoms. The predicted octanol–water partition coefficient (Wildman–Crippen LogP) is 4.51. The summed E-state index contributed by atoms with van der Waals surface area (Å²) in [5.74, 6) is -0.798. The van der Waals surface area contributed by atoms with E-state index in [1.165, 1.54) is 35.6 Å². The molecule has 0 atom stereocenters. The molecular formula is C22H17FN2O3S2. The first-order chi connectivity index (χ1) is 14.3. The summed E-state index contributed by atoms with van der Waals surface area (Å²) in [6.45, 7) is 1.89. The van der Waals surface area contributed by atoms with Crippen LogP contribution in [0.5, 0.6) is 0 Å². The van der Waals surface area contributed by atoms with Crippen molar-refractivity contribution in [1.29, 1.82) is 0 Å². The minimum Gasteiger partial charge on any atom is -0.347 e. The molecule has 0 saturated carbocycles. The smallest absolute Gasteiger partial charge is 0.261 e. The second kappa shape index (κ2) is 7.97. The van der Waals surface area contributed by atoms with Crippen molar-refractivity contribution in [3.05, 3.63) is 88.8 Å². The van der Waals surface area contributed by atoms with Gasteiger partial charge in [0.25, 0.3) is 5.91 Å². The maximum absolute atomic E-state index is 13.6. The molecule has 5 nitrogen and oxygen atoms in total. The zero-order valence-corrected chi connectivity index (χ0v) is 17.6. The molecule has 0 aliphatic heterocycles. The second-order valence-electron chi connectivity index (χ2n) is 6.82. The maximum atomic E-state index is 13.6. The lowest BCUT2D eigenvalue weighted by atomic mass is 10.2. The summed E-state index contributed by atoms with van der Waals surface area (Å²) < 4.78 is 40.0. The van der Waals surface area contributed by atoms with Crippen molar-refractivity contribution in [2.75, 3.05) is 0 Å². The Balaban J connectivity index is 1.47. The standard InChI is InChI=1S/C22H17FN2O3S2/c1-14-8-17(23)11-19(9-14)30(27,28)18-4-2-15(3-5-18)12-25-22(26)20-10-16-6-7-24-13-21(16)29-20/h2-11,13H,12H2,1H3,(H,25,26). The zero-order chi connectivity index (χ0) is 21.3. The number of amides is 1. The third kappa shape index (κ3) is 4.10. The average Bonchev–Trinajstić information content (AvgIpc) is 3.16. The van der Waals surface area contributed by atoms with Crippen molar-refractivity contribution in [2.24, 2.45) is 0 Å². The Morgan fingerprint density at radius 2 is 1.83 bits per heavy atom. The molecule has 2 aromatic heterocycles.